The van der Waals surface area contributed by atoms with E-state index in [0.717, 1.165) is 52.0 Å². The third kappa shape index (κ3) is 4.14. The number of oxazole rings is 1. The standard InChI is InChI=1S/C27H29N3O4/c1-4-33-21-12-13-22-24(14-21)30(20-6-5-7-20)26(25(22)23-15-32-16-28-23)18-8-10-19(11-9-18)29-27(31)34-17(2)3/h8-17,20H,4-7H2,1-3H3,(H,29,31). The zero-order valence-corrected chi connectivity index (χ0v) is 19.7. The molecule has 1 N–H and O–H groups in total. The fourth-order valence-electron chi connectivity index (χ4n) is 4.52. The first-order chi connectivity index (χ1) is 16.5. The third-order valence-electron chi connectivity index (χ3n) is 6.16. The average Bonchev–Trinajstić information content (AvgIpc) is 3.39. The van der Waals surface area contributed by atoms with Gasteiger partial charge in [0, 0.05) is 28.7 Å². The normalized spacial score (nSPS) is 13.8. The Kier molecular flexibility index (Phi) is 6.01. The van der Waals surface area contributed by atoms with Crippen LogP contribution in [-0.4, -0.2) is 28.4 Å². The zero-order valence-electron chi connectivity index (χ0n) is 19.7. The summed E-state index contributed by atoms with van der Waals surface area (Å²) in [6.45, 7) is 6.26. The van der Waals surface area contributed by atoms with Crippen LogP contribution in [0.25, 0.3) is 33.4 Å². The van der Waals surface area contributed by atoms with Crippen LogP contribution in [0.1, 0.15) is 46.1 Å². The average molecular weight is 460 g/mol. The molecule has 2 aromatic carbocycles. The molecule has 2 heterocycles. The van der Waals surface area contributed by atoms with Crippen LogP contribution >= 0.6 is 0 Å². The minimum Gasteiger partial charge on any atom is -0.494 e. The number of carbonyl (C=O) groups is 1. The summed E-state index contributed by atoms with van der Waals surface area (Å²) < 4.78 is 18.8. The lowest BCUT2D eigenvalue weighted by atomic mass is 9.92. The van der Waals surface area contributed by atoms with Crippen molar-refractivity contribution in [2.45, 2.75) is 52.2 Å². The molecule has 1 aliphatic rings. The van der Waals surface area contributed by atoms with E-state index in [1.54, 1.807) is 6.26 Å². The van der Waals surface area contributed by atoms with E-state index in [0.29, 0.717) is 18.3 Å². The second-order valence-electron chi connectivity index (χ2n) is 8.82. The Morgan fingerprint density at radius 1 is 1.21 bits per heavy atom. The van der Waals surface area contributed by atoms with Crippen molar-refractivity contribution in [3.63, 3.8) is 0 Å². The van der Waals surface area contributed by atoms with Gasteiger partial charge in [0.1, 0.15) is 17.7 Å². The Morgan fingerprint density at radius 2 is 2.00 bits per heavy atom. The molecule has 2 aromatic heterocycles. The number of ether oxygens (including phenoxy) is 2. The number of rotatable bonds is 7. The first-order valence-corrected chi connectivity index (χ1v) is 11.8. The molecular weight excluding hydrogens is 430 g/mol. The molecule has 0 unspecified atom stereocenters. The van der Waals surface area contributed by atoms with Crippen molar-refractivity contribution in [1.82, 2.24) is 9.55 Å². The predicted molar refractivity (Wildman–Crippen MR) is 132 cm³/mol. The smallest absolute Gasteiger partial charge is 0.411 e. The van der Waals surface area contributed by atoms with E-state index in [4.69, 9.17) is 13.9 Å². The van der Waals surface area contributed by atoms with Crippen molar-refractivity contribution >= 4 is 22.7 Å². The molecule has 176 valence electrons. The molecule has 34 heavy (non-hydrogen) atoms. The lowest BCUT2D eigenvalue weighted by Gasteiger charge is -2.30. The number of hydrogen-bond donors (Lipinski definition) is 1. The van der Waals surface area contributed by atoms with Gasteiger partial charge in [-0.15, -0.1) is 0 Å². The summed E-state index contributed by atoms with van der Waals surface area (Å²) in [6, 6.07) is 14.5. The van der Waals surface area contributed by atoms with Crippen LogP contribution in [0.2, 0.25) is 0 Å². The van der Waals surface area contributed by atoms with Crippen LogP contribution < -0.4 is 10.1 Å². The largest absolute Gasteiger partial charge is 0.494 e. The van der Waals surface area contributed by atoms with Crippen molar-refractivity contribution in [3.05, 3.63) is 55.1 Å². The summed E-state index contributed by atoms with van der Waals surface area (Å²) in [6.07, 6.45) is 6.01. The van der Waals surface area contributed by atoms with Crippen molar-refractivity contribution in [2.75, 3.05) is 11.9 Å². The molecule has 0 aliphatic heterocycles. The quantitative estimate of drug-likeness (QED) is 0.320. The Bertz CT molecular complexity index is 1290. The maximum Gasteiger partial charge on any atom is 0.411 e. The number of benzene rings is 2. The molecule has 0 radical (unpaired) electrons. The van der Waals surface area contributed by atoms with Crippen LogP contribution in [0.15, 0.2) is 59.5 Å². The van der Waals surface area contributed by atoms with Gasteiger partial charge in [-0.3, -0.25) is 5.32 Å². The van der Waals surface area contributed by atoms with E-state index in [9.17, 15) is 4.79 Å². The van der Waals surface area contributed by atoms with Crippen molar-refractivity contribution in [1.29, 1.82) is 0 Å². The number of fused-ring (bicyclic) bond motifs is 1. The summed E-state index contributed by atoms with van der Waals surface area (Å²) in [5.74, 6) is 0.856. The van der Waals surface area contributed by atoms with Crippen LogP contribution in [-0.2, 0) is 4.74 Å². The molecule has 1 saturated carbocycles. The maximum absolute atomic E-state index is 12.0. The van der Waals surface area contributed by atoms with Gasteiger partial charge in [-0.05, 0) is 69.9 Å². The van der Waals surface area contributed by atoms with Crippen LogP contribution in [0, 0.1) is 0 Å². The second kappa shape index (κ2) is 9.25. The summed E-state index contributed by atoms with van der Waals surface area (Å²) >= 11 is 0. The Balaban J connectivity index is 1.65. The molecule has 1 aliphatic carbocycles. The molecule has 5 rings (SSSR count). The third-order valence-corrected chi connectivity index (χ3v) is 6.16. The van der Waals surface area contributed by atoms with Crippen LogP contribution in [0.3, 0.4) is 0 Å². The molecule has 0 saturated heterocycles. The molecule has 7 nitrogen and oxygen atoms in total. The summed E-state index contributed by atoms with van der Waals surface area (Å²) in [7, 11) is 0. The fraction of sp³-hybridized carbons (Fsp3) is 0.333. The topological polar surface area (TPSA) is 78.5 Å². The summed E-state index contributed by atoms with van der Waals surface area (Å²) in [5.41, 5.74) is 5.79. The summed E-state index contributed by atoms with van der Waals surface area (Å²) in [5, 5.41) is 3.90. The van der Waals surface area contributed by atoms with Gasteiger partial charge < -0.3 is 18.5 Å². The first kappa shape index (κ1) is 22.1. The van der Waals surface area contributed by atoms with E-state index in [-0.39, 0.29) is 6.10 Å². The highest BCUT2D eigenvalue weighted by atomic mass is 16.6. The van der Waals surface area contributed by atoms with Crippen LogP contribution in [0.5, 0.6) is 5.75 Å². The van der Waals surface area contributed by atoms with E-state index in [2.05, 4.69) is 27.0 Å². The molecule has 0 atom stereocenters. The molecule has 0 spiro atoms. The van der Waals surface area contributed by atoms with Gasteiger partial charge in [0.2, 0.25) is 0 Å². The Labute approximate surface area is 198 Å². The highest BCUT2D eigenvalue weighted by Gasteiger charge is 2.29. The van der Waals surface area contributed by atoms with E-state index < -0.39 is 6.09 Å². The van der Waals surface area contributed by atoms with Crippen molar-refractivity contribution in [3.8, 4) is 28.3 Å². The first-order valence-electron chi connectivity index (χ1n) is 11.8. The minimum atomic E-state index is -0.460. The van der Waals surface area contributed by atoms with Gasteiger partial charge in [-0.2, -0.15) is 0 Å². The number of aromatic nitrogens is 2. The van der Waals surface area contributed by atoms with Gasteiger partial charge in [0.05, 0.1) is 23.9 Å². The molecule has 7 heteroatoms. The van der Waals surface area contributed by atoms with Gasteiger partial charge in [0.25, 0.3) is 0 Å². The molecule has 4 aromatic rings. The summed E-state index contributed by atoms with van der Waals surface area (Å²) in [4.78, 5) is 16.5. The lowest BCUT2D eigenvalue weighted by Crippen LogP contribution is -2.18. The fourth-order valence-corrected chi connectivity index (χ4v) is 4.52. The highest BCUT2D eigenvalue weighted by molar-refractivity contribution is 6.04. The van der Waals surface area contributed by atoms with Gasteiger partial charge >= 0.3 is 6.09 Å². The Morgan fingerprint density at radius 3 is 2.62 bits per heavy atom. The minimum absolute atomic E-state index is 0.177. The van der Waals surface area contributed by atoms with Crippen LogP contribution in [0.4, 0.5) is 10.5 Å². The van der Waals surface area contributed by atoms with Crippen molar-refractivity contribution in [2.24, 2.45) is 0 Å². The molecule has 1 amide bonds. The monoisotopic (exact) mass is 459 g/mol. The second-order valence-corrected chi connectivity index (χ2v) is 8.82. The molecule has 1 fully saturated rings. The number of nitrogens with one attached hydrogen (secondary N) is 1. The SMILES string of the molecule is CCOc1ccc2c(-c3cocn3)c(-c3ccc(NC(=O)OC(C)C)cc3)n(C3CCC3)c2c1. The van der Waals surface area contributed by atoms with Gasteiger partial charge in [-0.25, -0.2) is 9.78 Å². The van der Waals surface area contributed by atoms with Gasteiger partial charge in [0.15, 0.2) is 6.39 Å². The highest BCUT2D eigenvalue weighted by Crippen LogP contribution is 2.47. The van der Waals surface area contributed by atoms with E-state index >= 15 is 0 Å². The number of anilines is 1. The van der Waals surface area contributed by atoms with Crippen molar-refractivity contribution < 1.29 is 18.7 Å². The number of carbonyl (C=O) groups excluding carboxylic acids is 1. The zero-order chi connectivity index (χ0) is 23.7. The number of hydrogen-bond acceptors (Lipinski definition) is 5. The lowest BCUT2D eigenvalue weighted by molar-refractivity contribution is 0.130. The van der Waals surface area contributed by atoms with E-state index in [1.165, 1.54) is 12.8 Å². The maximum atomic E-state index is 12.0. The Hall–Kier alpha value is -3.74. The predicted octanol–water partition coefficient (Wildman–Crippen LogP) is 7.04. The van der Waals surface area contributed by atoms with E-state index in [1.807, 2.05) is 51.1 Å². The molecular formula is C27H29N3O4. The van der Waals surface area contributed by atoms with Gasteiger partial charge in [-0.1, -0.05) is 12.1 Å². The molecule has 0 bridgehead atoms. The number of nitrogens with zero attached hydrogens (tertiary/aromatic N) is 2. The number of amides is 1.